The molecule has 0 bridgehead atoms. The fourth-order valence-electron chi connectivity index (χ4n) is 2.46. The number of hydrogen-bond donors (Lipinski definition) is 2. The number of hydrogen-bond acceptors (Lipinski definition) is 3. The first kappa shape index (κ1) is 16.9. The smallest absolute Gasteiger partial charge is 0.418 e. The number of para-hydroxylation sites is 1. The van der Waals surface area contributed by atoms with Crippen LogP contribution in [0, 0.1) is 0 Å². The third-order valence-corrected chi connectivity index (χ3v) is 3.72. The third-order valence-electron chi connectivity index (χ3n) is 3.72. The standard InChI is InChI=1S/C17H15F3N2O3/c1-10(11-6-7-14-15(8-11)25-9-24-14)21-16(23)22-13-5-3-2-4-12(13)17(18,19)20/h2-8,10H,9H2,1H3,(H2,21,22,23)/t10-/m0/s1. The van der Waals surface area contributed by atoms with Crippen molar-refractivity contribution in [1.29, 1.82) is 0 Å². The van der Waals surface area contributed by atoms with Gasteiger partial charge in [-0.15, -0.1) is 0 Å². The molecule has 1 aliphatic rings. The summed E-state index contributed by atoms with van der Waals surface area (Å²) in [6, 6.07) is 8.82. The van der Waals surface area contributed by atoms with Crippen molar-refractivity contribution in [3.05, 3.63) is 53.6 Å². The fraction of sp³-hybridized carbons (Fsp3) is 0.235. The van der Waals surface area contributed by atoms with E-state index < -0.39 is 23.8 Å². The molecule has 3 rings (SSSR count). The van der Waals surface area contributed by atoms with E-state index in [0.29, 0.717) is 11.5 Å². The highest BCUT2D eigenvalue weighted by molar-refractivity contribution is 5.90. The fourth-order valence-corrected chi connectivity index (χ4v) is 2.46. The maximum Gasteiger partial charge on any atom is 0.418 e. The molecule has 25 heavy (non-hydrogen) atoms. The van der Waals surface area contributed by atoms with Crippen LogP contribution in [0.3, 0.4) is 0 Å². The van der Waals surface area contributed by atoms with Gasteiger partial charge >= 0.3 is 12.2 Å². The molecule has 5 nitrogen and oxygen atoms in total. The van der Waals surface area contributed by atoms with Crippen LogP contribution in [-0.4, -0.2) is 12.8 Å². The molecule has 132 valence electrons. The van der Waals surface area contributed by atoms with Crippen molar-refractivity contribution < 1.29 is 27.4 Å². The van der Waals surface area contributed by atoms with Gasteiger partial charge in [-0.2, -0.15) is 13.2 Å². The molecule has 1 aliphatic heterocycles. The summed E-state index contributed by atoms with van der Waals surface area (Å²) in [6.07, 6.45) is -4.55. The Bertz CT molecular complexity index is 793. The molecular weight excluding hydrogens is 337 g/mol. The third kappa shape index (κ3) is 3.78. The summed E-state index contributed by atoms with van der Waals surface area (Å²) in [7, 11) is 0. The predicted octanol–water partition coefficient (Wildman–Crippen LogP) is 4.32. The average molecular weight is 352 g/mol. The monoisotopic (exact) mass is 352 g/mol. The minimum atomic E-state index is -4.55. The van der Waals surface area contributed by atoms with Crippen molar-refractivity contribution in [2.75, 3.05) is 12.1 Å². The number of urea groups is 1. The molecule has 0 unspecified atom stereocenters. The molecule has 2 N–H and O–H groups in total. The second-order valence-corrected chi connectivity index (χ2v) is 5.48. The lowest BCUT2D eigenvalue weighted by Gasteiger charge is -2.17. The van der Waals surface area contributed by atoms with Crippen molar-refractivity contribution >= 4 is 11.7 Å². The molecule has 1 atom stereocenters. The summed E-state index contributed by atoms with van der Waals surface area (Å²) >= 11 is 0. The highest BCUT2D eigenvalue weighted by Crippen LogP contribution is 2.35. The zero-order chi connectivity index (χ0) is 18.0. The van der Waals surface area contributed by atoms with Crippen molar-refractivity contribution in [2.24, 2.45) is 0 Å². The summed E-state index contributed by atoms with van der Waals surface area (Å²) in [5.74, 6) is 1.17. The highest BCUT2D eigenvalue weighted by atomic mass is 19.4. The first-order valence-corrected chi connectivity index (χ1v) is 7.48. The molecule has 1 heterocycles. The Kier molecular flexibility index (Phi) is 4.43. The van der Waals surface area contributed by atoms with Gasteiger partial charge in [-0.3, -0.25) is 0 Å². The number of ether oxygens (including phenoxy) is 2. The molecule has 8 heteroatoms. The van der Waals surface area contributed by atoms with E-state index in [4.69, 9.17) is 9.47 Å². The number of alkyl halides is 3. The van der Waals surface area contributed by atoms with E-state index in [1.807, 2.05) is 0 Å². The van der Waals surface area contributed by atoms with Gasteiger partial charge in [-0.25, -0.2) is 4.79 Å². The van der Waals surface area contributed by atoms with Crippen LogP contribution in [0.5, 0.6) is 11.5 Å². The Balaban J connectivity index is 1.69. The molecule has 0 aromatic heterocycles. The second kappa shape index (κ2) is 6.54. The molecular formula is C17H15F3N2O3. The second-order valence-electron chi connectivity index (χ2n) is 5.48. The number of amides is 2. The SMILES string of the molecule is C[C@H](NC(=O)Nc1ccccc1C(F)(F)F)c1ccc2c(c1)OCO2. The summed E-state index contributed by atoms with van der Waals surface area (Å²) in [4.78, 5) is 12.1. The van der Waals surface area contributed by atoms with Crippen LogP contribution in [0.4, 0.5) is 23.7 Å². The Hall–Kier alpha value is -2.90. The molecule has 2 amide bonds. The lowest BCUT2D eigenvalue weighted by Crippen LogP contribution is -2.31. The Morgan fingerprint density at radius 2 is 1.84 bits per heavy atom. The van der Waals surface area contributed by atoms with Gasteiger partial charge in [-0.05, 0) is 36.8 Å². The summed E-state index contributed by atoms with van der Waals surface area (Å²) in [5.41, 5.74) is -0.463. The van der Waals surface area contributed by atoms with Crippen LogP contribution >= 0.6 is 0 Å². The molecule has 0 fully saturated rings. The predicted molar refractivity (Wildman–Crippen MR) is 84.6 cm³/mol. The average Bonchev–Trinajstić information content (AvgIpc) is 3.01. The van der Waals surface area contributed by atoms with E-state index in [2.05, 4.69) is 10.6 Å². The van der Waals surface area contributed by atoms with E-state index in [-0.39, 0.29) is 12.5 Å². The minimum Gasteiger partial charge on any atom is -0.454 e. The number of halogens is 3. The number of nitrogens with one attached hydrogen (secondary N) is 2. The highest BCUT2D eigenvalue weighted by Gasteiger charge is 2.33. The maximum absolute atomic E-state index is 13.0. The van der Waals surface area contributed by atoms with E-state index in [9.17, 15) is 18.0 Å². The van der Waals surface area contributed by atoms with Crippen LogP contribution < -0.4 is 20.1 Å². The van der Waals surface area contributed by atoms with E-state index in [1.165, 1.54) is 18.2 Å². The van der Waals surface area contributed by atoms with Gasteiger partial charge in [0.2, 0.25) is 6.79 Å². The topological polar surface area (TPSA) is 59.6 Å². The number of rotatable bonds is 3. The van der Waals surface area contributed by atoms with Crippen LogP contribution in [-0.2, 0) is 6.18 Å². The van der Waals surface area contributed by atoms with Crippen LogP contribution in [0.1, 0.15) is 24.1 Å². The zero-order valence-electron chi connectivity index (χ0n) is 13.2. The Morgan fingerprint density at radius 3 is 2.60 bits per heavy atom. The van der Waals surface area contributed by atoms with E-state index in [0.717, 1.165) is 11.6 Å². The summed E-state index contributed by atoms with van der Waals surface area (Å²) < 4.78 is 49.3. The van der Waals surface area contributed by atoms with Crippen molar-refractivity contribution in [2.45, 2.75) is 19.1 Å². The quantitative estimate of drug-likeness (QED) is 0.865. The van der Waals surface area contributed by atoms with Crippen LogP contribution in [0.2, 0.25) is 0 Å². The molecule has 0 spiro atoms. The van der Waals surface area contributed by atoms with Gasteiger partial charge in [0.15, 0.2) is 11.5 Å². The molecule has 2 aromatic rings. The maximum atomic E-state index is 13.0. The van der Waals surface area contributed by atoms with Crippen LogP contribution in [0.25, 0.3) is 0 Å². The molecule has 0 saturated heterocycles. The van der Waals surface area contributed by atoms with Crippen molar-refractivity contribution in [1.82, 2.24) is 5.32 Å². The largest absolute Gasteiger partial charge is 0.454 e. The summed E-state index contributed by atoms with van der Waals surface area (Å²) in [6.45, 7) is 1.85. The molecule has 0 radical (unpaired) electrons. The molecule has 0 saturated carbocycles. The van der Waals surface area contributed by atoms with E-state index in [1.54, 1.807) is 25.1 Å². The number of carbonyl (C=O) groups excluding carboxylic acids is 1. The number of fused-ring (bicyclic) bond motifs is 1. The van der Waals surface area contributed by atoms with Gasteiger partial charge in [0.1, 0.15) is 0 Å². The van der Waals surface area contributed by atoms with E-state index >= 15 is 0 Å². The van der Waals surface area contributed by atoms with Crippen molar-refractivity contribution in [3.8, 4) is 11.5 Å². The van der Waals surface area contributed by atoms with Gasteiger partial charge in [0.25, 0.3) is 0 Å². The lowest BCUT2D eigenvalue weighted by atomic mass is 10.1. The van der Waals surface area contributed by atoms with Gasteiger partial charge in [-0.1, -0.05) is 18.2 Å². The molecule has 0 aliphatic carbocycles. The van der Waals surface area contributed by atoms with Gasteiger partial charge in [0.05, 0.1) is 17.3 Å². The first-order chi connectivity index (χ1) is 11.8. The Morgan fingerprint density at radius 1 is 1.12 bits per heavy atom. The van der Waals surface area contributed by atoms with Gasteiger partial charge < -0.3 is 20.1 Å². The first-order valence-electron chi connectivity index (χ1n) is 7.48. The summed E-state index contributed by atoms with van der Waals surface area (Å²) in [5, 5.41) is 4.84. The number of anilines is 1. The number of benzene rings is 2. The minimum absolute atomic E-state index is 0.134. The zero-order valence-corrected chi connectivity index (χ0v) is 13.2. The van der Waals surface area contributed by atoms with Crippen molar-refractivity contribution in [3.63, 3.8) is 0 Å². The molecule has 2 aromatic carbocycles. The number of carbonyl (C=O) groups is 1. The van der Waals surface area contributed by atoms with Crippen LogP contribution in [0.15, 0.2) is 42.5 Å². The normalized spacial score (nSPS) is 14.1. The van der Waals surface area contributed by atoms with Gasteiger partial charge in [0, 0.05) is 0 Å². The lowest BCUT2D eigenvalue weighted by molar-refractivity contribution is -0.136. The Labute approximate surface area is 141 Å².